The van der Waals surface area contributed by atoms with Crippen molar-refractivity contribution in [1.29, 1.82) is 0 Å². The van der Waals surface area contributed by atoms with Gasteiger partial charge in [-0.1, -0.05) is 41.5 Å². The number of ether oxygens (including phenoxy) is 1. The summed E-state index contributed by atoms with van der Waals surface area (Å²) < 4.78 is 6.13. The summed E-state index contributed by atoms with van der Waals surface area (Å²) in [5.41, 5.74) is 9.31. The van der Waals surface area contributed by atoms with Crippen LogP contribution in [0.25, 0.3) is 0 Å². The summed E-state index contributed by atoms with van der Waals surface area (Å²) in [5.74, 6) is 1.00. The summed E-state index contributed by atoms with van der Waals surface area (Å²) in [5, 5.41) is 0. The predicted molar refractivity (Wildman–Crippen MR) is 84.0 cm³/mol. The van der Waals surface area contributed by atoms with E-state index < -0.39 is 0 Å². The van der Waals surface area contributed by atoms with Gasteiger partial charge in [0.15, 0.2) is 0 Å². The maximum absolute atomic E-state index is 6.13. The molecule has 0 unspecified atom stereocenters. The molecule has 0 aliphatic carbocycles. The molecule has 0 spiro atoms. The molecule has 2 N–H and O–H groups in total. The van der Waals surface area contributed by atoms with Gasteiger partial charge < -0.3 is 10.5 Å². The molecule has 0 saturated carbocycles. The van der Waals surface area contributed by atoms with Crippen molar-refractivity contribution < 1.29 is 4.74 Å². The highest BCUT2D eigenvalue weighted by Gasteiger charge is 2.27. The second-order valence-electron chi connectivity index (χ2n) is 7.61. The van der Waals surface area contributed by atoms with E-state index >= 15 is 0 Å². The minimum Gasteiger partial charge on any atom is -0.490 e. The lowest BCUT2D eigenvalue weighted by molar-refractivity contribution is 0.231. The van der Waals surface area contributed by atoms with Crippen molar-refractivity contribution >= 4 is 5.69 Å². The van der Waals surface area contributed by atoms with Gasteiger partial charge in [0.2, 0.25) is 0 Å². The molecule has 0 amide bonds. The summed E-state index contributed by atoms with van der Waals surface area (Å²) in [7, 11) is 0. The Morgan fingerprint density at radius 1 is 0.895 bits per heavy atom. The van der Waals surface area contributed by atoms with Crippen LogP contribution in [0.4, 0.5) is 5.69 Å². The maximum atomic E-state index is 6.13. The topological polar surface area (TPSA) is 35.2 Å². The van der Waals surface area contributed by atoms with Crippen molar-refractivity contribution in [2.45, 2.75) is 72.3 Å². The molecule has 2 nitrogen and oxygen atoms in total. The van der Waals surface area contributed by atoms with E-state index in [0.29, 0.717) is 0 Å². The number of anilines is 1. The molecule has 0 fully saturated rings. The molecule has 0 aliphatic heterocycles. The zero-order valence-corrected chi connectivity index (χ0v) is 13.7. The summed E-state index contributed by atoms with van der Waals surface area (Å²) in [6.45, 7) is 17.3. The van der Waals surface area contributed by atoms with Crippen LogP contribution in [0.1, 0.15) is 66.5 Å². The molecule has 0 aliphatic rings. The third kappa shape index (κ3) is 3.89. The fourth-order valence-electron chi connectivity index (χ4n) is 2.13. The van der Waals surface area contributed by atoms with Gasteiger partial charge >= 0.3 is 0 Å². The molecule has 108 valence electrons. The average molecular weight is 263 g/mol. The molecule has 0 bridgehead atoms. The van der Waals surface area contributed by atoms with Crippen LogP contribution in [-0.4, -0.2) is 6.10 Å². The highest BCUT2D eigenvalue weighted by atomic mass is 16.5. The van der Waals surface area contributed by atoms with Crippen LogP contribution < -0.4 is 10.5 Å². The van der Waals surface area contributed by atoms with E-state index in [1.54, 1.807) is 0 Å². The molecule has 1 aromatic carbocycles. The first kappa shape index (κ1) is 15.9. The quantitative estimate of drug-likeness (QED) is 0.788. The summed E-state index contributed by atoms with van der Waals surface area (Å²) >= 11 is 0. The van der Waals surface area contributed by atoms with Crippen LogP contribution >= 0.6 is 0 Å². The number of benzene rings is 1. The van der Waals surface area contributed by atoms with E-state index in [9.17, 15) is 0 Å². The molecule has 19 heavy (non-hydrogen) atoms. The highest BCUT2D eigenvalue weighted by Crippen LogP contribution is 2.41. The lowest BCUT2D eigenvalue weighted by Gasteiger charge is -2.31. The first-order chi connectivity index (χ1) is 8.43. The number of nitrogens with two attached hydrogens (primary N) is 1. The van der Waals surface area contributed by atoms with Gasteiger partial charge in [0.25, 0.3) is 0 Å². The smallest absolute Gasteiger partial charge is 0.127 e. The van der Waals surface area contributed by atoms with Crippen LogP contribution in [0.3, 0.4) is 0 Å². The summed E-state index contributed by atoms with van der Waals surface area (Å²) in [6, 6.07) is 4.10. The van der Waals surface area contributed by atoms with E-state index in [4.69, 9.17) is 10.5 Å². The van der Waals surface area contributed by atoms with E-state index in [-0.39, 0.29) is 16.9 Å². The van der Waals surface area contributed by atoms with Crippen LogP contribution in [0, 0.1) is 0 Å². The lowest BCUT2D eigenvalue weighted by Crippen LogP contribution is -2.22. The molecule has 1 aromatic rings. The van der Waals surface area contributed by atoms with E-state index in [0.717, 1.165) is 11.4 Å². The fraction of sp³-hybridized carbons (Fsp3) is 0.647. The maximum Gasteiger partial charge on any atom is 0.127 e. The molecule has 0 atom stereocenters. The fourth-order valence-corrected chi connectivity index (χ4v) is 2.13. The molecule has 0 heterocycles. The second kappa shape index (κ2) is 5.07. The van der Waals surface area contributed by atoms with Crippen molar-refractivity contribution in [3.8, 4) is 5.75 Å². The largest absolute Gasteiger partial charge is 0.490 e. The molecular weight excluding hydrogens is 234 g/mol. The number of nitrogen functional groups attached to an aromatic ring is 1. The predicted octanol–water partition coefficient (Wildman–Crippen LogP) is 4.65. The van der Waals surface area contributed by atoms with Gasteiger partial charge in [0, 0.05) is 16.8 Å². The summed E-state index contributed by atoms with van der Waals surface area (Å²) in [4.78, 5) is 0. The molecule has 0 radical (unpaired) electrons. The van der Waals surface area contributed by atoms with Crippen molar-refractivity contribution in [2.24, 2.45) is 0 Å². The van der Waals surface area contributed by atoms with Crippen LogP contribution in [0.5, 0.6) is 5.75 Å². The minimum atomic E-state index is 0.0135. The number of hydrogen-bond acceptors (Lipinski definition) is 2. The second-order valence-corrected chi connectivity index (χ2v) is 7.61. The zero-order valence-electron chi connectivity index (χ0n) is 13.7. The summed E-state index contributed by atoms with van der Waals surface area (Å²) in [6.07, 6.45) is 0.158. The average Bonchev–Trinajstić information content (AvgIpc) is 2.16. The Morgan fingerprint density at radius 2 is 1.26 bits per heavy atom. The number of hydrogen-bond donors (Lipinski definition) is 1. The van der Waals surface area contributed by atoms with Gasteiger partial charge in [0.05, 0.1) is 6.10 Å². The molecule has 0 saturated heterocycles. The van der Waals surface area contributed by atoms with E-state index in [1.165, 1.54) is 11.1 Å². The lowest BCUT2D eigenvalue weighted by atomic mass is 9.79. The third-order valence-electron chi connectivity index (χ3n) is 3.08. The van der Waals surface area contributed by atoms with Crippen LogP contribution in [0.2, 0.25) is 0 Å². The van der Waals surface area contributed by atoms with Gasteiger partial charge in [0.1, 0.15) is 5.75 Å². The van der Waals surface area contributed by atoms with Gasteiger partial charge in [-0.05, 0) is 36.8 Å². The van der Waals surface area contributed by atoms with Crippen molar-refractivity contribution in [1.82, 2.24) is 0 Å². The Hall–Kier alpha value is -1.18. The highest BCUT2D eigenvalue weighted by molar-refractivity contribution is 5.57. The molecular formula is C17H29NO. The van der Waals surface area contributed by atoms with Crippen LogP contribution in [0.15, 0.2) is 12.1 Å². The Morgan fingerprint density at radius 3 is 1.53 bits per heavy atom. The molecule has 0 aromatic heterocycles. The Bertz CT molecular complexity index is 412. The normalized spacial score (nSPS) is 12.9. The number of rotatable bonds is 2. The SMILES string of the molecule is CC(C)Oc1c(C(C)(C)C)cc(N)cc1C(C)(C)C. The molecule has 2 heteroatoms. The van der Waals surface area contributed by atoms with Gasteiger partial charge in [-0.2, -0.15) is 0 Å². The minimum absolute atomic E-state index is 0.0135. The van der Waals surface area contributed by atoms with Gasteiger partial charge in [-0.3, -0.25) is 0 Å². The Labute approximate surface area is 118 Å². The zero-order chi connectivity index (χ0) is 15.0. The van der Waals surface area contributed by atoms with Crippen molar-refractivity contribution in [3.63, 3.8) is 0 Å². The standard InChI is InChI=1S/C17H29NO/c1-11(2)19-15-13(16(3,4)5)9-12(18)10-14(15)17(6,7)8/h9-11H,18H2,1-8H3. The van der Waals surface area contributed by atoms with Gasteiger partial charge in [-0.15, -0.1) is 0 Å². The monoisotopic (exact) mass is 263 g/mol. The van der Waals surface area contributed by atoms with E-state index in [1.807, 2.05) is 12.1 Å². The van der Waals surface area contributed by atoms with Gasteiger partial charge in [-0.25, -0.2) is 0 Å². The van der Waals surface area contributed by atoms with E-state index in [2.05, 4.69) is 55.4 Å². The Balaban J connectivity index is 3.58. The Kier molecular flexibility index (Phi) is 4.23. The first-order valence-electron chi connectivity index (χ1n) is 7.04. The van der Waals surface area contributed by atoms with Crippen LogP contribution in [-0.2, 0) is 10.8 Å². The molecule has 1 rings (SSSR count). The third-order valence-corrected chi connectivity index (χ3v) is 3.08. The van der Waals surface area contributed by atoms with Crippen molar-refractivity contribution in [3.05, 3.63) is 23.3 Å². The van der Waals surface area contributed by atoms with Crippen molar-refractivity contribution in [2.75, 3.05) is 5.73 Å². The first-order valence-corrected chi connectivity index (χ1v) is 7.04.